The normalized spacial score (nSPS) is 17.2. The number of aryl methyl sites for hydroxylation is 1. The number of likely N-dealkylation sites (tertiary alicyclic amines) is 1. The van der Waals surface area contributed by atoms with Gasteiger partial charge in [0.25, 0.3) is 0 Å². The highest BCUT2D eigenvalue weighted by atomic mass is 16.6. The number of nitrogens with zero attached hydrogens (tertiary/aromatic N) is 1. The molecule has 1 aliphatic heterocycles. The van der Waals surface area contributed by atoms with Crippen LogP contribution in [0, 0.1) is 0 Å². The van der Waals surface area contributed by atoms with Gasteiger partial charge in [0.2, 0.25) is 0 Å². The van der Waals surface area contributed by atoms with Crippen molar-refractivity contribution in [1.82, 2.24) is 4.90 Å². The number of hydrogen-bond donors (Lipinski definition) is 1. The van der Waals surface area contributed by atoms with Gasteiger partial charge in [-0.05, 0) is 70.6 Å². The minimum atomic E-state index is -0.676. The first kappa shape index (κ1) is 19.6. The van der Waals surface area contributed by atoms with Crippen molar-refractivity contribution in [2.24, 2.45) is 0 Å². The molecule has 5 nitrogen and oxygen atoms in total. The van der Waals surface area contributed by atoms with Gasteiger partial charge in [-0.2, -0.15) is 0 Å². The number of amides is 1. The molecule has 5 heteroatoms. The number of benzene rings is 1. The second-order valence-electron chi connectivity index (χ2n) is 7.89. The average Bonchev–Trinajstić information content (AvgIpc) is 2.54. The van der Waals surface area contributed by atoms with E-state index in [1.54, 1.807) is 12.0 Å². The molecule has 0 unspecified atom stereocenters. The van der Waals surface area contributed by atoms with E-state index in [-0.39, 0.29) is 6.09 Å². The fourth-order valence-corrected chi connectivity index (χ4v) is 3.10. The number of carbonyl (C=O) groups is 1. The molecule has 25 heavy (non-hydrogen) atoms. The molecule has 1 aromatic rings. The van der Waals surface area contributed by atoms with E-state index < -0.39 is 11.2 Å². The van der Waals surface area contributed by atoms with Crippen LogP contribution in [0.15, 0.2) is 24.3 Å². The van der Waals surface area contributed by atoms with E-state index in [9.17, 15) is 9.90 Å². The highest BCUT2D eigenvalue weighted by Crippen LogP contribution is 2.28. The van der Waals surface area contributed by atoms with Crippen molar-refractivity contribution < 1.29 is 19.4 Å². The molecule has 1 aliphatic rings. The largest absolute Gasteiger partial charge is 0.497 e. The SMILES string of the molecule is COc1ccc(CCCC2(O)CCN(C(=O)OC(C)(C)C)CC2)cc1. The number of hydrogen-bond acceptors (Lipinski definition) is 4. The molecule has 1 fully saturated rings. The van der Waals surface area contributed by atoms with Gasteiger partial charge in [-0.25, -0.2) is 4.79 Å². The Kier molecular flexibility index (Phi) is 6.33. The molecule has 0 aliphatic carbocycles. The predicted octanol–water partition coefficient (Wildman–Crippen LogP) is 3.78. The Labute approximate surface area is 150 Å². The zero-order valence-corrected chi connectivity index (χ0v) is 15.9. The zero-order valence-electron chi connectivity index (χ0n) is 15.9. The average molecular weight is 349 g/mol. The monoisotopic (exact) mass is 349 g/mol. The van der Waals surface area contributed by atoms with Gasteiger partial charge in [-0.3, -0.25) is 0 Å². The first-order chi connectivity index (χ1) is 11.7. The van der Waals surface area contributed by atoms with Crippen LogP contribution in [0.4, 0.5) is 4.79 Å². The topological polar surface area (TPSA) is 59.0 Å². The number of piperidine rings is 1. The van der Waals surface area contributed by atoms with Crippen LogP contribution in [0.1, 0.15) is 52.0 Å². The molecule has 1 heterocycles. The fourth-order valence-electron chi connectivity index (χ4n) is 3.10. The summed E-state index contributed by atoms with van der Waals surface area (Å²) in [6, 6.07) is 8.05. The van der Waals surface area contributed by atoms with Crippen molar-refractivity contribution in [2.45, 2.75) is 64.1 Å². The van der Waals surface area contributed by atoms with E-state index in [2.05, 4.69) is 12.1 Å². The van der Waals surface area contributed by atoms with Crippen molar-refractivity contribution in [3.05, 3.63) is 29.8 Å². The summed E-state index contributed by atoms with van der Waals surface area (Å²) in [6.07, 6.45) is 3.54. The minimum Gasteiger partial charge on any atom is -0.497 e. The second-order valence-corrected chi connectivity index (χ2v) is 7.89. The summed E-state index contributed by atoms with van der Waals surface area (Å²) in [5.74, 6) is 0.858. The van der Waals surface area contributed by atoms with Crippen LogP contribution in [0.2, 0.25) is 0 Å². The van der Waals surface area contributed by atoms with Gasteiger partial charge in [0.05, 0.1) is 12.7 Å². The van der Waals surface area contributed by atoms with E-state index in [1.165, 1.54) is 5.56 Å². The fraction of sp³-hybridized carbons (Fsp3) is 0.650. The number of methoxy groups -OCH3 is 1. The van der Waals surface area contributed by atoms with Gasteiger partial charge < -0.3 is 19.5 Å². The van der Waals surface area contributed by atoms with Gasteiger partial charge in [0.1, 0.15) is 11.4 Å². The summed E-state index contributed by atoms with van der Waals surface area (Å²) in [6.45, 7) is 6.70. The van der Waals surface area contributed by atoms with Gasteiger partial charge in [0.15, 0.2) is 0 Å². The van der Waals surface area contributed by atoms with E-state index in [4.69, 9.17) is 9.47 Å². The number of ether oxygens (including phenoxy) is 2. The number of aliphatic hydroxyl groups is 1. The maximum absolute atomic E-state index is 12.1. The Bertz CT molecular complexity index is 554. The van der Waals surface area contributed by atoms with Crippen LogP contribution < -0.4 is 4.74 Å². The summed E-state index contributed by atoms with van der Waals surface area (Å²) in [5, 5.41) is 10.8. The van der Waals surface area contributed by atoms with Crippen LogP contribution >= 0.6 is 0 Å². The molecule has 0 atom stereocenters. The Morgan fingerprint density at radius 1 is 1.20 bits per heavy atom. The maximum Gasteiger partial charge on any atom is 0.410 e. The maximum atomic E-state index is 12.1. The third-order valence-corrected chi connectivity index (χ3v) is 4.61. The van der Waals surface area contributed by atoms with Gasteiger partial charge in [-0.1, -0.05) is 12.1 Å². The van der Waals surface area contributed by atoms with Gasteiger partial charge >= 0.3 is 6.09 Å². The second kappa shape index (κ2) is 8.09. The third kappa shape index (κ3) is 6.24. The first-order valence-electron chi connectivity index (χ1n) is 9.04. The lowest BCUT2D eigenvalue weighted by Gasteiger charge is -2.38. The van der Waals surface area contributed by atoms with Crippen LogP contribution in [-0.2, 0) is 11.2 Å². The van der Waals surface area contributed by atoms with E-state index in [0.717, 1.165) is 25.0 Å². The summed E-state index contributed by atoms with van der Waals surface area (Å²) >= 11 is 0. The molecule has 2 rings (SSSR count). The molecule has 1 aromatic carbocycles. The molecule has 1 saturated heterocycles. The molecule has 1 N–H and O–H groups in total. The molecule has 0 radical (unpaired) electrons. The van der Waals surface area contributed by atoms with Crippen molar-refractivity contribution in [1.29, 1.82) is 0 Å². The van der Waals surface area contributed by atoms with Crippen LogP contribution in [0.25, 0.3) is 0 Å². The Hall–Kier alpha value is -1.75. The number of carbonyl (C=O) groups excluding carboxylic acids is 1. The molecule has 0 bridgehead atoms. The minimum absolute atomic E-state index is 0.284. The predicted molar refractivity (Wildman–Crippen MR) is 97.9 cm³/mol. The number of rotatable bonds is 5. The van der Waals surface area contributed by atoms with Crippen LogP contribution in [-0.4, -0.2) is 47.5 Å². The molecule has 140 valence electrons. The molecule has 0 spiro atoms. The summed E-state index contributed by atoms with van der Waals surface area (Å²) in [4.78, 5) is 13.8. The summed E-state index contributed by atoms with van der Waals surface area (Å²) < 4.78 is 10.6. The molecular formula is C20H31NO4. The van der Waals surface area contributed by atoms with Crippen molar-refractivity contribution in [3.63, 3.8) is 0 Å². The summed E-state index contributed by atoms with van der Waals surface area (Å²) in [7, 11) is 1.66. The molecule has 0 aromatic heterocycles. The van der Waals surface area contributed by atoms with E-state index >= 15 is 0 Å². The van der Waals surface area contributed by atoms with Crippen molar-refractivity contribution in [3.8, 4) is 5.75 Å². The van der Waals surface area contributed by atoms with Crippen molar-refractivity contribution >= 4 is 6.09 Å². The zero-order chi connectivity index (χ0) is 18.5. The third-order valence-electron chi connectivity index (χ3n) is 4.61. The Morgan fingerprint density at radius 2 is 1.80 bits per heavy atom. The van der Waals surface area contributed by atoms with Crippen molar-refractivity contribution in [2.75, 3.05) is 20.2 Å². The summed E-state index contributed by atoms with van der Waals surface area (Å²) in [5.41, 5.74) is 0.0874. The molecule has 1 amide bonds. The standard InChI is InChI=1S/C20H31NO4/c1-19(2,3)25-18(22)21-14-12-20(23,13-15-21)11-5-6-16-7-9-17(24-4)10-8-16/h7-10,23H,5-6,11-15H2,1-4H3. The van der Waals surface area contributed by atoms with Crippen LogP contribution in [0.3, 0.4) is 0 Å². The smallest absolute Gasteiger partial charge is 0.410 e. The van der Waals surface area contributed by atoms with Crippen LogP contribution in [0.5, 0.6) is 5.75 Å². The lowest BCUT2D eigenvalue weighted by atomic mass is 9.86. The Balaban J connectivity index is 1.75. The molecule has 0 saturated carbocycles. The highest BCUT2D eigenvalue weighted by molar-refractivity contribution is 5.68. The Morgan fingerprint density at radius 3 is 2.32 bits per heavy atom. The van der Waals surface area contributed by atoms with E-state index in [0.29, 0.717) is 25.9 Å². The first-order valence-corrected chi connectivity index (χ1v) is 9.04. The van der Waals surface area contributed by atoms with Gasteiger partial charge in [-0.15, -0.1) is 0 Å². The highest BCUT2D eigenvalue weighted by Gasteiger charge is 2.34. The lowest BCUT2D eigenvalue weighted by molar-refractivity contribution is -0.0374. The quantitative estimate of drug-likeness (QED) is 0.879. The van der Waals surface area contributed by atoms with E-state index in [1.807, 2.05) is 32.9 Å². The molecular weight excluding hydrogens is 318 g/mol. The van der Waals surface area contributed by atoms with Gasteiger partial charge in [0, 0.05) is 13.1 Å². The lowest BCUT2D eigenvalue weighted by Crippen LogP contribution is -2.48.